The molecule has 1 aliphatic heterocycles. The summed E-state index contributed by atoms with van der Waals surface area (Å²) >= 11 is 0. The van der Waals surface area contributed by atoms with Crippen LogP contribution in [-0.2, 0) is 21.5 Å². The molecule has 176 valence electrons. The van der Waals surface area contributed by atoms with Gasteiger partial charge in [-0.15, -0.1) is 0 Å². The number of hydrogen-bond donors (Lipinski definition) is 1. The summed E-state index contributed by atoms with van der Waals surface area (Å²) in [6.45, 7) is 13.4. The first-order valence-corrected chi connectivity index (χ1v) is 11.7. The second kappa shape index (κ2) is 8.53. The molecule has 4 amide bonds. The van der Waals surface area contributed by atoms with E-state index >= 15 is 0 Å². The number of nitrogens with one attached hydrogen (secondary N) is 1. The van der Waals surface area contributed by atoms with Crippen LogP contribution in [0, 0.1) is 11.3 Å². The number of hydrogen-bond acceptors (Lipinski definition) is 3. The lowest BCUT2D eigenvalue weighted by Crippen LogP contribution is -2.51. The molecule has 6 nitrogen and oxygen atoms in total. The molecule has 0 atom stereocenters. The third-order valence-corrected chi connectivity index (χ3v) is 7.27. The van der Waals surface area contributed by atoms with Crippen LogP contribution in [0.2, 0.25) is 0 Å². The summed E-state index contributed by atoms with van der Waals surface area (Å²) in [7, 11) is 1.71. The van der Waals surface area contributed by atoms with Crippen molar-refractivity contribution in [3.8, 4) is 0 Å². The van der Waals surface area contributed by atoms with E-state index in [2.05, 4.69) is 59.0 Å². The fourth-order valence-electron chi connectivity index (χ4n) is 4.86. The van der Waals surface area contributed by atoms with Crippen molar-refractivity contribution in [3.05, 3.63) is 35.4 Å². The van der Waals surface area contributed by atoms with Gasteiger partial charge in [0.25, 0.3) is 5.91 Å². The first-order chi connectivity index (χ1) is 14.7. The third-order valence-electron chi connectivity index (χ3n) is 7.27. The predicted octanol–water partition coefficient (Wildman–Crippen LogP) is 4.47. The average molecular weight is 442 g/mol. The van der Waals surface area contributed by atoms with Crippen LogP contribution in [0.3, 0.4) is 0 Å². The minimum absolute atomic E-state index is 0.0751. The third kappa shape index (κ3) is 5.00. The number of benzene rings is 1. The molecule has 1 aromatic rings. The lowest BCUT2D eigenvalue weighted by atomic mass is 9.67. The Bertz CT molecular complexity index is 869. The van der Waals surface area contributed by atoms with Crippen LogP contribution in [-0.4, -0.2) is 46.8 Å². The van der Waals surface area contributed by atoms with Crippen LogP contribution in [0.25, 0.3) is 0 Å². The van der Waals surface area contributed by atoms with Gasteiger partial charge in [-0.2, -0.15) is 0 Å². The van der Waals surface area contributed by atoms with Crippen molar-refractivity contribution in [2.45, 2.75) is 84.7 Å². The Balaban J connectivity index is 1.60. The highest BCUT2D eigenvalue weighted by atomic mass is 16.2. The predicted molar refractivity (Wildman–Crippen MR) is 126 cm³/mol. The molecule has 0 radical (unpaired) electrons. The van der Waals surface area contributed by atoms with Crippen molar-refractivity contribution < 1.29 is 14.4 Å². The molecule has 2 fully saturated rings. The molecule has 2 aliphatic rings. The summed E-state index contributed by atoms with van der Waals surface area (Å²) in [5, 5.41) is 2.92. The Morgan fingerprint density at radius 3 is 2.12 bits per heavy atom. The summed E-state index contributed by atoms with van der Waals surface area (Å²) in [6, 6.07) is 7.79. The summed E-state index contributed by atoms with van der Waals surface area (Å²) in [6.07, 6.45) is 3.09. The number of carbonyl (C=O) groups is 3. The van der Waals surface area contributed by atoms with Crippen LogP contribution in [0.5, 0.6) is 0 Å². The van der Waals surface area contributed by atoms with Gasteiger partial charge in [0.05, 0.1) is 0 Å². The molecule has 1 saturated carbocycles. The Hall–Kier alpha value is -2.37. The van der Waals surface area contributed by atoms with E-state index in [0.29, 0.717) is 25.3 Å². The molecule has 1 spiro atoms. The van der Waals surface area contributed by atoms with Crippen molar-refractivity contribution in [3.63, 3.8) is 0 Å². The van der Waals surface area contributed by atoms with Crippen molar-refractivity contribution in [1.29, 1.82) is 0 Å². The molecule has 6 heteroatoms. The van der Waals surface area contributed by atoms with Crippen molar-refractivity contribution >= 4 is 17.8 Å². The SMILES string of the molecule is CN(Cc1ccc(C(C)(C)C)cc1)C(=O)CN1C(=O)NC2(CCC(C(C)(C)C)CC2)C1=O. The van der Waals surface area contributed by atoms with Gasteiger partial charge in [0, 0.05) is 13.6 Å². The summed E-state index contributed by atoms with van der Waals surface area (Å²) in [5.74, 6) is 0.0456. The maximum Gasteiger partial charge on any atom is 0.325 e. The molecule has 1 aromatic carbocycles. The largest absolute Gasteiger partial charge is 0.340 e. The van der Waals surface area contributed by atoms with Crippen LogP contribution < -0.4 is 5.32 Å². The fourth-order valence-corrected chi connectivity index (χ4v) is 4.86. The fraction of sp³-hybridized carbons (Fsp3) is 0.654. The molecular formula is C26H39N3O3. The van der Waals surface area contributed by atoms with E-state index in [1.165, 1.54) is 5.56 Å². The van der Waals surface area contributed by atoms with E-state index in [9.17, 15) is 14.4 Å². The van der Waals surface area contributed by atoms with Gasteiger partial charge >= 0.3 is 6.03 Å². The maximum atomic E-state index is 13.2. The van der Waals surface area contributed by atoms with Gasteiger partial charge in [0.15, 0.2) is 0 Å². The normalized spacial score (nSPS) is 24.1. The maximum absolute atomic E-state index is 13.2. The summed E-state index contributed by atoms with van der Waals surface area (Å²) in [5.41, 5.74) is 1.69. The Morgan fingerprint density at radius 2 is 1.62 bits per heavy atom. The Labute approximate surface area is 192 Å². The Morgan fingerprint density at radius 1 is 1.06 bits per heavy atom. The number of amides is 4. The molecule has 1 aliphatic carbocycles. The molecule has 1 saturated heterocycles. The van der Waals surface area contributed by atoms with Gasteiger partial charge in [0.2, 0.25) is 5.91 Å². The van der Waals surface area contributed by atoms with Crippen LogP contribution >= 0.6 is 0 Å². The topological polar surface area (TPSA) is 69.7 Å². The minimum Gasteiger partial charge on any atom is -0.340 e. The minimum atomic E-state index is -0.833. The van der Waals surface area contributed by atoms with E-state index in [0.717, 1.165) is 23.3 Å². The lowest BCUT2D eigenvalue weighted by Gasteiger charge is -2.40. The Kier molecular flexibility index (Phi) is 6.47. The van der Waals surface area contributed by atoms with Gasteiger partial charge in [0.1, 0.15) is 12.1 Å². The molecule has 0 aromatic heterocycles. The van der Waals surface area contributed by atoms with Gasteiger partial charge in [-0.25, -0.2) is 4.79 Å². The standard InChI is InChI=1S/C26H39N3O3/c1-24(2,3)19-10-8-18(9-11-19)16-28(7)21(30)17-29-22(31)26(27-23(29)32)14-12-20(13-15-26)25(4,5)6/h8-11,20H,12-17H2,1-7H3,(H,27,32). The zero-order valence-electron chi connectivity index (χ0n) is 20.7. The number of likely N-dealkylation sites (N-methyl/N-ethyl adjacent to an activating group) is 1. The van der Waals surface area contributed by atoms with Gasteiger partial charge in [-0.05, 0) is 53.6 Å². The van der Waals surface area contributed by atoms with Crippen LogP contribution in [0.1, 0.15) is 78.4 Å². The highest BCUT2D eigenvalue weighted by Gasteiger charge is 2.53. The zero-order chi connectivity index (χ0) is 23.9. The highest BCUT2D eigenvalue weighted by Crippen LogP contribution is 2.43. The highest BCUT2D eigenvalue weighted by molar-refractivity contribution is 6.09. The van der Waals surface area contributed by atoms with Crippen molar-refractivity contribution in [1.82, 2.24) is 15.1 Å². The van der Waals surface area contributed by atoms with Crippen LogP contribution in [0.15, 0.2) is 24.3 Å². The molecule has 3 rings (SSSR count). The van der Waals surface area contributed by atoms with Gasteiger partial charge in [-0.3, -0.25) is 14.5 Å². The summed E-state index contributed by atoms with van der Waals surface area (Å²) < 4.78 is 0. The smallest absolute Gasteiger partial charge is 0.325 e. The first-order valence-electron chi connectivity index (χ1n) is 11.7. The number of carbonyl (C=O) groups excluding carboxylic acids is 3. The first kappa shape index (κ1) is 24.3. The molecule has 32 heavy (non-hydrogen) atoms. The number of rotatable bonds is 4. The van der Waals surface area contributed by atoms with E-state index in [1.54, 1.807) is 11.9 Å². The second-order valence-electron chi connectivity index (χ2n) is 11.7. The lowest BCUT2D eigenvalue weighted by molar-refractivity contribution is -0.139. The van der Waals surface area contributed by atoms with E-state index < -0.39 is 11.6 Å². The van der Waals surface area contributed by atoms with Crippen molar-refractivity contribution in [2.24, 2.45) is 11.3 Å². The average Bonchev–Trinajstić information content (AvgIpc) is 2.91. The second-order valence-corrected chi connectivity index (χ2v) is 11.7. The number of imide groups is 1. The molecule has 1 N–H and O–H groups in total. The molecular weight excluding hydrogens is 402 g/mol. The zero-order valence-corrected chi connectivity index (χ0v) is 20.7. The quantitative estimate of drug-likeness (QED) is 0.701. The molecule has 0 unspecified atom stereocenters. The molecule has 0 bridgehead atoms. The summed E-state index contributed by atoms with van der Waals surface area (Å²) in [4.78, 5) is 41.3. The number of urea groups is 1. The van der Waals surface area contributed by atoms with Gasteiger partial charge in [-0.1, -0.05) is 65.8 Å². The monoisotopic (exact) mass is 441 g/mol. The van der Waals surface area contributed by atoms with Gasteiger partial charge < -0.3 is 10.2 Å². The van der Waals surface area contributed by atoms with Crippen LogP contribution in [0.4, 0.5) is 4.79 Å². The number of nitrogens with zero attached hydrogens (tertiary/aromatic N) is 2. The molecule has 1 heterocycles. The van der Waals surface area contributed by atoms with Crippen molar-refractivity contribution in [2.75, 3.05) is 13.6 Å². The van der Waals surface area contributed by atoms with E-state index in [1.807, 2.05) is 12.1 Å². The van der Waals surface area contributed by atoms with E-state index in [-0.39, 0.29) is 29.2 Å². The van der Waals surface area contributed by atoms with E-state index in [4.69, 9.17) is 0 Å².